The van der Waals surface area contributed by atoms with E-state index in [0.29, 0.717) is 6.54 Å². The van der Waals surface area contributed by atoms with E-state index in [1.807, 2.05) is 6.92 Å². The average Bonchev–Trinajstić information content (AvgIpc) is 2.64. The van der Waals surface area contributed by atoms with Crippen molar-refractivity contribution in [2.24, 2.45) is 0 Å². The highest BCUT2D eigenvalue weighted by atomic mass is 16.6. The summed E-state index contributed by atoms with van der Waals surface area (Å²) in [6.07, 6.45) is 3.86. The molecule has 1 amide bonds. The first kappa shape index (κ1) is 18.7. The number of nitrogens with zero attached hydrogens (tertiary/aromatic N) is 2. The Morgan fingerprint density at radius 3 is 2.76 bits per heavy atom. The second kappa shape index (κ2) is 8.46. The molecule has 0 saturated carbocycles. The Balaban J connectivity index is 2.13. The number of esters is 1. The van der Waals surface area contributed by atoms with Gasteiger partial charge >= 0.3 is 11.7 Å². The molecule has 136 valence electrons. The summed E-state index contributed by atoms with van der Waals surface area (Å²) in [5.41, 5.74) is -0.175. The Morgan fingerprint density at radius 2 is 2.12 bits per heavy atom. The van der Waals surface area contributed by atoms with Crippen LogP contribution in [0.4, 0.5) is 5.69 Å². The van der Waals surface area contributed by atoms with Crippen molar-refractivity contribution in [2.75, 3.05) is 20.3 Å². The Morgan fingerprint density at radius 1 is 1.36 bits per heavy atom. The lowest BCUT2D eigenvalue weighted by molar-refractivity contribution is -0.385. The van der Waals surface area contributed by atoms with Gasteiger partial charge in [-0.15, -0.1) is 0 Å². The van der Waals surface area contributed by atoms with E-state index in [2.05, 4.69) is 4.74 Å². The number of nitro benzene ring substituents is 1. The number of hydrogen-bond donors (Lipinski definition) is 0. The number of ether oxygens (including phenoxy) is 2. The van der Waals surface area contributed by atoms with Gasteiger partial charge in [-0.1, -0.05) is 6.92 Å². The third kappa shape index (κ3) is 4.46. The zero-order valence-corrected chi connectivity index (χ0v) is 14.4. The quantitative estimate of drug-likeness (QED) is 0.444. The summed E-state index contributed by atoms with van der Waals surface area (Å²) in [4.78, 5) is 36.3. The van der Waals surface area contributed by atoms with Crippen molar-refractivity contribution in [3.8, 4) is 5.75 Å². The van der Waals surface area contributed by atoms with Gasteiger partial charge in [-0.05, 0) is 31.7 Å². The maximum atomic E-state index is 12.4. The molecule has 1 saturated heterocycles. The van der Waals surface area contributed by atoms with Gasteiger partial charge in [-0.3, -0.25) is 14.9 Å². The van der Waals surface area contributed by atoms with Crippen LogP contribution in [0.1, 0.15) is 43.0 Å². The SMILES string of the molecule is CCC1CCCCN1C(=O)COc1cc(C(=O)OC)ccc1[N+](=O)[O-]. The smallest absolute Gasteiger partial charge is 0.337 e. The molecule has 0 radical (unpaired) electrons. The lowest BCUT2D eigenvalue weighted by Crippen LogP contribution is -2.45. The predicted molar refractivity (Wildman–Crippen MR) is 89.6 cm³/mol. The van der Waals surface area contributed by atoms with Crippen LogP contribution in [0.3, 0.4) is 0 Å². The number of carbonyl (C=O) groups is 2. The first-order chi connectivity index (χ1) is 12.0. The van der Waals surface area contributed by atoms with Crippen molar-refractivity contribution in [1.29, 1.82) is 0 Å². The van der Waals surface area contributed by atoms with Gasteiger partial charge in [0.05, 0.1) is 17.6 Å². The van der Waals surface area contributed by atoms with Gasteiger partial charge in [0, 0.05) is 24.7 Å². The highest BCUT2D eigenvalue weighted by molar-refractivity contribution is 5.90. The summed E-state index contributed by atoms with van der Waals surface area (Å²) in [7, 11) is 1.22. The molecule has 1 atom stereocenters. The van der Waals surface area contributed by atoms with Gasteiger partial charge in [0.25, 0.3) is 5.91 Å². The van der Waals surface area contributed by atoms with Gasteiger partial charge in [0.1, 0.15) is 0 Å². The van der Waals surface area contributed by atoms with E-state index in [1.165, 1.54) is 25.3 Å². The van der Waals surface area contributed by atoms with Crippen LogP contribution in [0, 0.1) is 10.1 Å². The molecule has 2 rings (SSSR count). The molecule has 1 aromatic carbocycles. The molecule has 0 aliphatic carbocycles. The molecule has 0 spiro atoms. The zero-order valence-electron chi connectivity index (χ0n) is 14.4. The minimum Gasteiger partial charge on any atom is -0.477 e. The Kier molecular flexibility index (Phi) is 6.32. The molecule has 8 heteroatoms. The van der Waals surface area contributed by atoms with E-state index < -0.39 is 10.9 Å². The van der Waals surface area contributed by atoms with Crippen molar-refractivity contribution in [3.05, 3.63) is 33.9 Å². The molecule has 1 fully saturated rings. The van der Waals surface area contributed by atoms with Crippen molar-refractivity contribution in [3.63, 3.8) is 0 Å². The largest absolute Gasteiger partial charge is 0.477 e. The van der Waals surface area contributed by atoms with E-state index in [-0.39, 0.29) is 35.6 Å². The summed E-state index contributed by atoms with van der Waals surface area (Å²) in [6, 6.07) is 3.87. The standard InChI is InChI=1S/C17H22N2O6/c1-3-13-6-4-5-9-18(13)16(20)11-25-15-10-12(17(21)24-2)7-8-14(15)19(22)23/h7-8,10,13H,3-6,9,11H2,1-2H3. The van der Waals surface area contributed by atoms with Crippen molar-refractivity contribution in [2.45, 2.75) is 38.6 Å². The fraction of sp³-hybridized carbons (Fsp3) is 0.529. The van der Waals surface area contributed by atoms with Crippen molar-refractivity contribution < 1.29 is 24.0 Å². The number of likely N-dealkylation sites (tertiary alicyclic amines) is 1. The Labute approximate surface area is 145 Å². The van der Waals surface area contributed by atoms with Gasteiger partial charge in [-0.2, -0.15) is 0 Å². The van der Waals surface area contributed by atoms with Crippen LogP contribution in [-0.2, 0) is 9.53 Å². The number of carbonyl (C=O) groups excluding carboxylic acids is 2. The van der Waals surface area contributed by atoms with Crippen LogP contribution in [-0.4, -0.2) is 48.0 Å². The fourth-order valence-corrected chi connectivity index (χ4v) is 3.00. The van der Waals surface area contributed by atoms with Gasteiger partial charge in [0.2, 0.25) is 0 Å². The fourth-order valence-electron chi connectivity index (χ4n) is 3.00. The molecule has 0 aromatic heterocycles. The molecule has 25 heavy (non-hydrogen) atoms. The first-order valence-corrected chi connectivity index (χ1v) is 8.27. The number of hydrogen-bond acceptors (Lipinski definition) is 6. The second-order valence-electron chi connectivity index (χ2n) is 5.86. The number of rotatable bonds is 6. The number of piperidine rings is 1. The maximum absolute atomic E-state index is 12.4. The predicted octanol–water partition coefficient (Wildman–Crippen LogP) is 2.55. The van der Waals surface area contributed by atoms with Crippen LogP contribution >= 0.6 is 0 Å². The van der Waals surface area contributed by atoms with E-state index in [1.54, 1.807) is 4.90 Å². The number of amides is 1. The molecular weight excluding hydrogens is 328 g/mol. The molecule has 1 aliphatic rings. The number of nitro groups is 1. The molecule has 1 heterocycles. The Hall–Kier alpha value is -2.64. The molecular formula is C17H22N2O6. The lowest BCUT2D eigenvalue weighted by atomic mass is 10.00. The zero-order chi connectivity index (χ0) is 18.4. The second-order valence-corrected chi connectivity index (χ2v) is 5.86. The van der Waals surface area contributed by atoms with E-state index in [9.17, 15) is 19.7 Å². The molecule has 1 unspecified atom stereocenters. The monoisotopic (exact) mass is 350 g/mol. The summed E-state index contributed by atoms with van der Waals surface area (Å²) in [5, 5.41) is 11.1. The van der Waals surface area contributed by atoms with Crippen LogP contribution in [0.5, 0.6) is 5.75 Å². The highest BCUT2D eigenvalue weighted by Crippen LogP contribution is 2.28. The van der Waals surface area contributed by atoms with E-state index >= 15 is 0 Å². The summed E-state index contributed by atoms with van der Waals surface area (Å²) >= 11 is 0. The van der Waals surface area contributed by atoms with Gasteiger partial charge in [0.15, 0.2) is 12.4 Å². The minimum atomic E-state index is -0.631. The highest BCUT2D eigenvalue weighted by Gasteiger charge is 2.26. The van der Waals surface area contributed by atoms with E-state index in [0.717, 1.165) is 25.7 Å². The molecule has 0 N–H and O–H groups in total. The van der Waals surface area contributed by atoms with Crippen molar-refractivity contribution >= 4 is 17.6 Å². The number of methoxy groups -OCH3 is 1. The molecule has 0 bridgehead atoms. The minimum absolute atomic E-state index is 0.119. The first-order valence-electron chi connectivity index (χ1n) is 8.27. The normalized spacial score (nSPS) is 17.0. The van der Waals surface area contributed by atoms with Crippen molar-refractivity contribution in [1.82, 2.24) is 4.90 Å². The van der Waals surface area contributed by atoms with Crippen LogP contribution < -0.4 is 4.74 Å². The third-order valence-corrected chi connectivity index (χ3v) is 4.35. The molecule has 8 nitrogen and oxygen atoms in total. The summed E-state index contributed by atoms with van der Waals surface area (Å²) in [6.45, 7) is 2.40. The summed E-state index contributed by atoms with van der Waals surface area (Å²) in [5.74, 6) is -0.955. The van der Waals surface area contributed by atoms with E-state index in [4.69, 9.17) is 4.74 Å². The van der Waals surface area contributed by atoms with Gasteiger partial charge < -0.3 is 14.4 Å². The maximum Gasteiger partial charge on any atom is 0.337 e. The summed E-state index contributed by atoms with van der Waals surface area (Å²) < 4.78 is 10.0. The molecule has 1 aromatic rings. The number of benzene rings is 1. The van der Waals surface area contributed by atoms with Gasteiger partial charge in [-0.25, -0.2) is 4.79 Å². The Bertz CT molecular complexity index is 661. The van der Waals surface area contributed by atoms with Crippen LogP contribution in [0.15, 0.2) is 18.2 Å². The average molecular weight is 350 g/mol. The van der Waals surface area contributed by atoms with Crippen LogP contribution in [0.2, 0.25) is 0 Å². The third-order valence-electron chi connectivity index (χ3n) is 4.35. The lowest BCUT2D eigenvalue weighted by Gasteiger charge is -2.35. The topological polar surface area (TPSA) is 99.0 Å². The van der Waals surface area contributed by atoms with Crippen LogP contribution in [0.25, 0.3) is 0 Å². The molecule has 1 aliphatic heterocycles.